The van der Waals surface area contributed by atoms with Crippen molar-refractivity contribution in [3.05, 3.63) is 23.9 Å². The minimum absolute atomic E-state index is 0.0209. The standard InChI is InChI=1S/C14H24N4O2S/c1-15-9-12-6-7-14(16-10-12)21(19,20)18(3)13-5-4-8-17(2)11-13/h6-7,10,13,15H,4-5,8-9,11H2,1-3H3. The molecular weight excluding hydrogens is 288 g/mol. The van der Waals surface area contributed by atoms with E-state index < -0.39 is 10.0 Å². The van der Waals surface area contributed by atoms with Crippen LogP contribution in [0, 0.1) is 0 Å². The van der Waals surface area contributed by atoms with Crippen molar-refractivity contribution in [3.63, 3.8) is 0 Å². The molecule has 1 atom stereocenters. The number of rotatable bonds is 5. The zero-order chi connectivity index (χ0) is 15.5. The summed E-state index contributed by atoms with van der Waals surface area (Å²) >= 11 is 0. The summed E-state index contributed by atoms with van der Waals surface area (Å²) in [4.78, 5) is 6.29. The van der Waals surface area contributed by atoms with Gasteiger partial charge in [-0.3, -0.25) is 0 Å². The number of nitrogens with zero attached hydrogens (tertiary/aromatic N) is 3. The van der Waals surface area contributed by atoms with Crippen LogP contribution in [0.25, 0.3) is 0 Å². The molecular formula is C14H24N4O2S. The number of aromatic nitrogens is 1. The fourth-order valence-corrected chi connectivity index (χ4v) is 3.94. The average molecular weight is 312 g/mol. The van der Waals surface area contributed by atoms with Crippen molar-refractivity contribution in [2.24, 2.45) is 0 Å². The van der Waals surface area contributed by atoms with Crippen molar-refractivity contribution in [2.45, 2.75) is 30.5 Å². The summed E-state index contributed by atoms with van der Waals surface area (Å²) in [6.07, 6.45) is 3.54. The lowest BCUT2D eigenvalue weighted by Crippen LogP contribution is -2.47. The Morgan fingerprint density at radius 2 is 2.24 bits per heavy atom. The number of likely N-dealkylation sites (tertiary alicyclic amines) is 1. The van der Waals surface area contributed by atoms with E-state index in [9.17, 15) is 8.42 Å². The first-order valence-electron chi connectivity index (χ1n) is 7.21. The van der Waals surface area contributed by atoms with Gasteiger partial charge in [0, 0.05) is 32.4 Å². The predicted octanol–water partition coefficient (Wildman–Crippen LogP) is 0.516. The minimum atomic E-state index is -3.52. The summed E-state index contributed by atoms with van der Waals surface area (Å²) in [6.45, 7) is 2.48. The number of piperidine rings is 1. The number of hydrogen-bond donors (Lipinski definition) is 1. The van der Waals surface area contributed by atoms with Crippen molar-refractivity contribution in [1.82, 2.24) is 19.5 Å². The normalized spacial score (nSPS) is 20.9. The number of hydrogen-bond acceptors (Lipinski definition) is 5. The van der Waals surface area contributed by atoms with Crippen LogP contribution in [0.3, 0.4) is 0 Å². The maximum Gasteiger partial charge on any atom is 0.260 e. The van der Waals surface area contributed by atoms with Crippen LogP contribution in [0.15, 0.2) is 23.4 Å². The average Bonchev–Trinajstić information content (AvgIpc) is 2.47. The Balaban J connectivity index is 2.16. The molecule has 0 aromatic carbocycles. The van der Waals surface area contributed by atoms with E-state index >= 15 is 0 Å². The van der Waals surface area contributed by atoms with Gasteiger partial charge in [-0.05, 0) is 45.1 Å². The van der Waals surface area contributed by atoms with Gasteiger partial charge in [-0.2, -0.15) is 4.31 Å². The van der Waals surface area contributed by atoms with Gasteiger partial charge >= 0.3 is 0 Å². The van der Waals surface area contributed by atoms with Crippen LogP contribution in [-0.4, -0.2) is 62.9 Å². The van der Waals surface area contributed by atoms with Crippen LogP contribution < -0.4 is 5.32 Å². The van der Waals surface area contributed by atoms with E-state index in [0.717, 1.165) is 31.5 Å². The summed E-state index contributed by atoms with van der Waals surface area (Å²) in [5.41, 5.74) is 0.969. The maximum atomic E-state index is 12.6. The van der Waals surface area contributed by atoms with Crippen LogP contribution in [-0.2, 0) is 16.6 Å². The van der Waals surface area contributed by atoms with Gasteiger partial charge in [0.15, 0.2) is 5.03 Å². The second-order valence-electron chi connectivity index (χ2n) is 5.61. The highest BCUT2D eigenvalue weighted by Gasteiger charge is 2.31. The molecule has 1 N–H and O–H groups in total. The molecule has 0 amide bonds. The van der Waals surface area contributed by atoms with Gasteiger partial charge in [-0.25, -0.2) is 13.4 Å². The third-order valence-corrected chi connectivity index (χ3v) is 5.76. The Kier molecular flexibility index (Phi) is 5.32. The van der Waals surface area contributed by atoms with Crippen molar-refractivity contribution >= 4 is 10.0 Å². The molecule has 7 heteroatoms. The molecule has 0 radical (unpaired) electrons. The molecule has 2 heterocycles. The minimum Gasteiger partial charge on any atom is -0.316 e. The van der Waals surface area contributed by atoms with E-state index in [1.165, 1.54) is 4.31 Å². The first kappa shape index (κ1) is 16.4. The fraction of sp³-hybridized carbons (Fsp3) is 0.643. The lowest BCUT2D eigenvalue weighted by Gasteiger charge is -2.34. The number of likely N-dealkylation sites (N-methyl/N-ethyl adjacent to an activating group) is 2. The number of nitrogens with one attached hydrogen (secondary N) is 1. The molecule has 0 bridgehead atoms. The maximum absolute atomic E-state index is 12.6. The Labute approximate surface area is 127 Å². The summed E-state index contributed by atoms with van der Waals surface area (Å²) in [6, 6.07) is 3.41. The van der Waals surface area contributed by atoms with Gasteiger partial charge in [0.25, 0.3) is 10.0 Å². The molecule has 21 heavy (non-hydrogen) atoms. The second kappa shape index (κ2) is 6.83. The zero-order valence-corrected chi connectivity index (χ0v) is 13.7. The van der Waals surface area contributed by atoms with Gasteiger partial charge in [0.2, 0.25) is 0 Å². The van der Waals surface area contributed by atoms with Gasteiger partial charge in [-0.15, -0.1) is 0 Å². The van der Waals surface area contributed by atoms with Gasteiger partial charge in [0.1, 0.15) is 0 Å². The third-order valence-electron chi connectivity index (χ3n) is 3.94. The fourth-order valence-electron chi connectivity index (χ4n) is 2.65. The molecule has 0 saturated carbocycles. The molecule has 1 aromatic rings. The van der Waals surface area contributed by atoms with E-state index in [0.29, 0.717) is 6.54 Å². The largest absolute Gasteiger partial charge is 0.316 e. The van der Waals surface area contributed by atoms with Gasteiger partial charge in [0.05, 0.1) is 0 Å². The van der Waals surface area contributed by atoms with Crippen molar-refractivity contribution in [2.75, 3.05) is 34.2 Å². The Morgan fingerprint density at radius 1 is 1.48 bits per heavy atom. The molecule has 6 nitrogen and oxygen atoms in total. The van der Waals surface area contributed by atoms with E-state index in [2.05, 4.69) is 15.2 Å². The van der Waals surface area contributed by atoms with E-state index in [1.54, 1.807) is 25.4 Å². The summed E-state index contributed by atoms with van der Waals surface area (Å²) in [7, 11) is 2.01. The molecule has 0 aliphatic carbocycles. The molecule has 1 aliphatic rings. The quantitative estimate of drug-likeness (QED) is 0.858. The highest BCUT2D eigenvalue weighted by Crippen LogP contribution is 2.20. The third kappa shape index (κ3) is 3.79. The molecule has 2 rings (SSSR count). The smallest absolute Gasteiger partial charge is 0.260 e. The molecule has 1 aromatic heterocycles. The van der Waals surface area contributed by atoms with Crippen LogP contribution in [0.5, 0.6) is 0 Å². The summed E-state index contributed by atoms with van der Waals surface area (Å²) < 4.78 is 26.7. The molecule has 1 aliphatic heterocycles. The first-order valence-corrected chi connectivity index (χ1v) is 8.65. The summed E-state index contributed by atoms with van der Waals surface area (Å²) in [5.74, 6) is 0. The molecule has 118 valence electrons. The van der Waals surface area contributed by atoms with E-state index in [-0.39, 0.29) is 11.1 Å². The lowest BCUT2D eigenvalue weighted by molar-refractivity contribution is 0.187. The van der Waals surface area contributed by atoms with E-state index in [1.807, 2.05) is 14.1 Å². The Morgan fingerprint density at radius 3 is 2.81 bits per heavy atom. The predicted molar refractivity (Wildman–Crippen MR) is 82.5 cm³/mol. The monoisotopic (exact) mass is 312 g/mol. The van der Waals surface area contributed by atoms with Crippen LogP contribution in [0.2, 0.25) is 0 Å². The Hall–Kier alpha value is -1.02. The van der Waals surface area contributed by atoms with Crippen LogP contribution in [0.4, 0.5) is 0 Å². The highest BCUT2D eigenvalue weighted by molar-refractivity contribution is 7.89. The SMILES string of the molecule is CNCc1ccc(S(=O)(=O)N(C)C2CCCN(C)C2)nc1. The van der Waals surface area contributed by atoms with Crippen LogP contribution in [0.1, 0.15) is 18.4 Å². The van der Waals surface area contributed by atoms with Crippen molar-refractivity contribution < 1.29 is 8.42 Å². The van der Waals surface area contributed by atoms with Crippen molar-refractivity contribution in [1.29, 1.82) is 0 Å². The molecule has 1 fully saturated rings. The molecule has 1 saturated heterocycles. The summed E-state index contributed by atoms with van der Waals surface area (Å²) in [5, 5.41) is 3.14. The molecule has 0 spiro atoms. The van der Waals surface area contributed by atoms with Crippen molar-refractivity contribution in [3.8, 4) is 0 Å². The second-order valence-corrected chi connectivity index (χ2v) is 7.56. The first-order chi connectivity index (χ1) is 9.95. The molecule has 1 unspecified atom stereocenters. The van der Waals surface area contributed by atoms with Gasteiger partial charge in [-0.1, -0.05) is 6.07 Å². The topological polar surface area (TPSA) is 65.5 Å². The highest BCUT2D eigenvalue weighted by atomic mass is 32.2. The van der Waals surface area contributed by atoms with Gasteiger partial charge < -0.3 is 10.2 Å². The van der Waals surface area contributed by atoms with Crippen LogP contribution >= 0.6 is 0 Å². The Bertz CT molecular complexity index is 559. The number of sulfonamides is 1. The van der Waals surface area contributed by atoms with E-state index in [4.69, 9.17) is 0 Å². The number of pyridine rings is 1. The zero-order valence-electron chi connectivity index (χ0n) is 12.9. The lowest BCUT2D eigenvalue weighted by atomic mass is 10.1.